The number of hydrogen-bond acceptors (Lipinski definition) is 5. The van der Waals surface area contributed by atoms with Gasteiger partial charge in [-0.2, -0.15) is 0 Å². The molecule has 1 saturated heterocycles. The summed E-state index contributed by atoms with van der Waals surface area (Å²) in [4.78, 5) is 14.8. The minimum Gasteiger partial charge on any atom is -0.493 e. The second kappa shape index (κ2) is 8.12. The molecule has 0 atom stereocenters. The van der Waals surface area contributed by atoms with E-state index in [-0.39, 0.29) is 5.91 Å². The summed E-state index contributed by atoms with van der Waals surface area (Å²) in [6, 6.07) is 12.6. The minimum absolute atomic E-state index is 0.157. The van der Waals surface area contributed by atoms with Crippen molar-refractivity contribution in [2.24, 2.45) is 0 Å². The number of amides is 1. The Hall–Kier alpha value is -2.02. The summed E-state index contributed by atoms with van der Waals surface area (Å²) < 4.78 is 11.4. The second-order valence-corrected chi connectivity index (χ2v) is 7.45. The minimum atomic E-state index is -0.157. The van der Waals surface area contributed by atoms with Crippen molar-refractivity contribution in [3.8, 4) is 11.5 Å². The van der Waals surface area contributed by atoms with E-state index in [2.05, 4.69) is 0 Å². The molecule has 0 aromatic heterocycles. The predicted octanol–water partition coefficient (Wildman–Crippen LogP) is 5.15. The van der Waals surface area contributed by atoms with Crippen molar-refractivity contribution in [3.63, 3.8) is 0 Å². The van der Waals surface area contributed by atoms with Crippen molar-refractivity contribution in [1.82, 2.24) is 0 Å². The van der Waals surface area contributed by atoms with Crippen molar-refractivity contribution in [2.45, 2.75) is 6.92 Å². The average Bonchev–Trinajstić information content (AvgIpc) is 2.91. The standard InChI is InChI=1S/C19H16ClNO3S2/c1-3-24-15-9-4-12(10-16(15)23-2)11-17-18(22)21(19(25)26-17)14-7-5-13(20)6-8-14/h4-11H,3H2,1-2H3/b17-11-. The smallest absolute Gasteiger partial charge is 0.270 e. The highest BCUT2D eigenvalue weighted by molar-refractivity contribution is 8.27. The first-order chi connectivity index (χ1) is 12.5. The van der Waals surface area contributed by atoms with Gasteiger partial charge in [-0.3, -0.25) is 9.69 Å². The molecular formula is C19H16ClNO3S2. The molecule has 3 rings (SSSR count). The van der Waals surface area contributed by atoms with Crippen LogP contribution < -0.4 is 14.4 Å². The molecule has 2 aromatic rings. The van der Waals surface area contributed by atoms with Crippen LogP contribution in [0, 0.1) is 0 Å². The van der Waals surface area contributed by atoms with Crippen LogP contribution in [0.15, 0.2) is 47.4 Å². The van der Waals surface area contributed by atoms with Gasteiger partial charge in [-0.15, -0.1) is 0 Å². The first-order valence-electron chi connectivity index (χ1n) is 7.88. The van der Waals surface area contributed by atoms with Crippen LogP contribution >= 0.6 is 35.6 Å². The first kappa shape index (κ1) is 18.8. The molecule has 0 spiro atoms. The Kier molecular flexibility index (Phi) is 5.86. The van der Waals surface area contributed by atoms with Gasteiger partial charge in [0.05, 0.1) is 24.3 Å². The number of methoxy groups -OCH3 is 1. The number of halogens is 1. The van der Waals surface area contributed by atoms with Crippen LogP contribution in [-0.4, -0.2) is 23.9 Å². The Labute approximate surface area is 166 Å². The zero-order chi connectivity index (χ0) is 18.7. The van der Waals surface area contributed by atoms with Crippen molar-refractivity contribution >= 4 is 57.6 Å². The third-order valence-electron chi connectivity index (χ3n) is 3.66. The molecule has 0 saturated carbocycles. The van der Waals surface area contributed by atoms with Gasteiger partial charge >= 0.3 is 0 Å². The summed E-state index contributed by atoms with van der Waals surface area (Å²) >= 11 is 12.6. The maximum absolute atomic E-state index is 12.8. The molecule has 1 fully saturated rings. The number of benzene rings is 2. The molecule has 1 heterocycles. The van der Waals surface area contributed by atoms with Crippen LogP contribution in [0.25, 0.3) is 6.08 Å². The van der Waals surface area contributed by atoms with Crippen LogP contribution in [0.4, 0.5) is 5.69 Å². The number of carbonyl (C=O) groups excluding carboxylic acids is 1. The fraction of sp³-hybridized carbons (Fsp3) is 0.158. The van der Waals surface area contributed by atoms with Gasteiger partial charge in [-0.1, -0.05) is 41.6 Å². The lowest BCUT2D eigenvalue weighted by Gasteiger charge is -2.14. The number of thiocarbonyl (C=S) groups is 1. The van der Waals surface area contributed by atoms with Gasteiger partial charge in [-0.05, 0) is 55.0 Å². The quantitative estimate of drug-likeness (QED) is 0.508. The maximum atomic E-state index is 12.8. The van der Waals surface area contributed by atoms with Gasteiger partial charge in [-0.25, -0.2) is 0 Å². The number of carbonyl (C=O) groups is 1. The zero-order valence-corrected chi connectivity index (χ0v) is 16.6. The Bertz CT molecular complexity index is 881. The fourth-order valence-electron chi connectivity index (χ4n) is 2.48. The zero-order valence-electron chi connectivity index (χ0n) is 14.2. The van der Waals surface area contributed by atoms with E-state index in [4.69, 9.17) is 33.3 Å². The van der Waals surface area contributed by atoms with Crippen LogP contribution in [0.1, 0.15) is 12.5 Å². The van der Waals surface area contributed by atoms with Crippen molar-refractivity contribution in [2.75, 3.05) is 18.6 Å². The number of nitrogens with zero attached hydrogens (tertiary/aromatic N) is 1. The molecule has 1 aliphatic rings. The van der Waals surface area contributed by atoms with E-state index in [1.165, 1.54) is 16.7 Å². The molecule has 0 N–H and O–H groups in total. The SMILES string of the molecule is CCOc1ccc(/C=C2\SC(=S)N(c3ccc(Cl)cc3)C2=O)cc1OC. The third kappa shape index (κ3) is 3.87. The lowest BCUT2D eigenvalue weighted by Crippen LogP contribution is -2.27. The maximum Gasteiger partial charge on any atom is 0.270 e. The topological polar surface area (TPSA) is 38.8 Å². The highest BCUT2D eigenvalue weighted by Gasteiger charge is 2.33. The summed E-state index contributed by atoms with van der Waals surface area (Å²) in [7, 11) is 1.58. The summed E-state index contributed by atoms with van der Waals surface area (Å²) in [5.74, 6) is 1.13. The molecule has 2 aromatic carbocycles. The average molecular weight is 406 g/mol. The van der Waals surface area contributed by atoms with Gasteiger partial charge in [0.2, 0.25) is 0 Å². The molecule has 0 bridgehead atoms. The third-order valence-corrected chi connectivity index (χ3v) is 5.22. The van der Waals surface area contributed by atoms with E-state index in [0.717, 1.165) is 5.56 Å². The number of rotatable bonds is 5. The van der Waals surface area contributed by atoms with Gasteiger partial charge in [0, 0.05) is 5.02 Å². The van der Waals surface area contributed by atoms with Crippen molar-refractivity contribution < 1.29 is 14.3 Å². The predicted molar refractivity (Wildman–Crippen MR) is 111 cm³/mol. The van der Waals surface area contributed by atoms with Crippen LogP contribution in [0.3, 0.4) is 0 Å². The Morgan fingerprint density at radius 3 is 2.58 bits per heavy atom. The fourth-order valence-corrected chi connectivity index (χ4v) is 3.91. The van der Waals surface area contributed by atoms with Gasteiger partial charge in [0.25, 0.3) is 5.91 Å². The molecule has 0 radical (unpaired) electrons. The molecule has 134 valence electrons. The van der Waals surface area contributed by atoms with Gasteiger partial charge in [0.15, 0.2) is 15.8 Å². The lowest BCUT2D eigenvalue weighted by molar-refractivity contribution is -0.113. The Balaban J connectivity index is 1.89. The van der Waals surface area contributed by atoms with E-state index < -0.39 is 0 Å². The number of thioether (sulfide) groups is 1. The van der Waals surface area contributed by atoms with E-state index in [9.17, 15) is 4.79 Å². The number of ether oxygens (including phenoxy) is 2. The van der Waals surface area contributed by atoms with Crippen LogP contribution in [0.2, 0.25) is 5.02 Å². The van der Waals surface area contributed by atoms with Crippen molar-refractivity contribution in [1.29, 1.82) is 0 Å². The van der Waals surface area contributed by atoms with Gasteiger partial charge < -0.3 is 9.47 Å². The summed E-state index contributed by atoms with van der Waals surface area (Å²) in [6.07, 6.45) is 1.80. The molecule has 1 aliphatic heterocycles. The molecule has 1 amide bonds. The van der Waals surface area contributed by atoms with E-state index in [0.29, 0.717) is 38.0 Å². The van der Waals surface area contributed by atoms with E-state index in [1.54, 1.807) is 37.5 Å². The second-order valence-electron chi connectivity index (χ2n) is 5.34. The van der Waals surface area contributed by atoms with E-state index >= 15 is 0 Å². The molecule has 26 heavy (non-hydrogen) atoms. The summed E-state index contributed by atoms with van der Waals surface area (Å²) in [6.45, 7) is 2.46. The monoisotopic (exact) mass is 405 g/mol. The normalized spacial score (nSPS) is 15.7. The molecule has 7 heteroatoms. The van der Waals surface area contributed by atoms with Crippen LogP contribution in [-0.2, 0) is 4.79 Å². The molecule has 0 unspecified atom stereocenters. The highest BCUT2D eigenvalue weighted by atomic mass is 35.5. The van der Waals surface area contributed by atoms with E-state index in [1.807, 2.05) is 25.1 Å². The number of anilines is 1. The van der Waals surface area contributed by atoms with Gasteiger partial charge in [0.1, 0.15) is 0 Å². The number of hydrogen-bond donors (Lipinski definition) is 0. The molecule has 4 nitrogen and oxygen atoms in total. The van der Waals surface area contributed by atoms with Crippen molar-refractivity contribution in [3.05, 3.63) is 58.0 Å². The highest BCUT2D eigenvalue weighted by Crippen LogP contribution is 2.37. The lowest BCUT2D eigenvalue weighted by atomic mass is 10.2. The largest absolute Gasteiger partial charge is 0.493 e. The Morgan fingerprint density at radius 2 is 1.92 bits per heavy atom. The Morgan fingerprint density at radius 1 is 1.19 bits per heavy atom. The van der Waals surface area contributed by atoms with Crippen LogP contribution in [0.5, 0.6) is 11.5 Å². The summed E-state index contributed by atoms with van der Waals surface area (Å²) in [5, 5.41) is 0.608. The molecule has 0 aliphatic carbocycles. The summed E-state index contributed by atoms with van der Waals surface area (Å²) in [5.41, 5.74) is 1.53. The first-order valence-corrected chi connectivity index (χ1v) is 9.48. The molecular weight excluding hydrogens is 390 g/mol.